The van der Waals surface area contributed by atoms with E-state index in [0.29, 0.717) is 4.34 Å². The average molecular weight is 348 g/mol. The lowest BCUT2D eigenvalue weighted by atomic mass is 10.2. The number of nitrogens with one attached hydrogen (secondary N) is 1. The van der Waals surface area contributed by atoms with Crippen LogP contribution in [0.1, 0.15) is 43.3 Å². The Bertz CT molecular complexity index is 589. The molecule has 0 aliphatic heterocycles. The largest absolute Gasteiger partial charge is 0.489 e. The molecular weight excluding hydrogens is 330 g/mol. The molecule has 1 amide bonds. The number of carboxylic acid groups (broad SMARTS) is 1. The second-order valence-electron chi connectivity index (χ2n) is 6.24. The van der Waals surface area contributed by atoms with Gasteiger partial charge in [0.15, 0.2) is 4.88 Å². The normalized spacial score (nSPS) is 16.0. The molecule has 1 aliphatic rings. The topological polar surface area (TPSA) is 84.9 Å². The molecule has 0 unspecified atom stereocenters. The highest BCUT2D eigenvalue weighted by Gasteiger charge is 2.46. The highest BCUT2D eigenvalue weighted by molar-refractivity contribution is 7.18. The first-order valence-electron chi connectivity index (χ1n) is 6.77. The van der Waals surface area contributed by atoms with Gasteiger partial charge in [-0.1, -0.05) is 11.6 Å². The summed E-state index contributed by atoms with van der Waals surface area (Å²) in [5.74, 6) is -0.864. The molecule has 1 saturated carbocycles. The standard InChI is InChI=1S/C14H18ClNO5S/c1-13(2,3)21-12(19)16-14(4-5-14)7-20-8-6-9(15)22-10(8)11(17)18/h6H,4-5,7H2,1-3H3,(H,16,19)(H,17,18). The first kappa shape index (κ1) is 16.9. The number of ether oxygens (including phenoxy) is 2. The number of rotatable bonds is 5. The van der Waals surface area contributed by atoms with Gasteiger partial charge in [-0.3, -0.25) is 0 Å². The van der Waals surface area contributed by atoms with Crippen LogP contribution in [0, 0.1) is 0 Å². The second-order valence-corrected chi connectivity index (χ2v) is 7.93. The molecule has 0 aromatic carbocycles. The van der Waals surface area contributed by atoms with Crippen molar-refractivity contribution in [3.05, 3.63) is 15.3 Å². The fraction of sp³-hybridized carbons (Fsp3) is 0.571. The lowest BCUT2D eigenvalue weighted by Crippen LogP contribution is -2.44. The SMILES string of the molecule is CC(C)(C)OC(=O)NC1(COc2cc(Cl)sc2C(=O)O)CC1. The third-order valence-electron chi connectivity index (χ3n) is 2.99. The van der Waals surface area contributed by atoms with Crippen molar-refractivity contribution in [2.45, 2.75) is 44.8 Å². The maximum absolute atomic E-state index is 11.8. The molecule has 0 atom stereocenters. The Kier molecular flexibility index (Phi) is 4.58. The molecule has 0 bridgehead atoms. The predicted octanol–water partition coefficient (Wildman–Crippen LogP) is 3.54. The van der Waals surface area contributed by atoms with Crippen molar-refractivity contribution < 1.29 is 24.2 Å². The zero-order valence-corrected chi connectivity index (χ0v) is 14.1. The van der Waals surface area contributed by atoms with E-state index in [9.17, 15) is 9.59 Å². The second kappa shape index (κ2) is 5.96. The maximum atomic E-state index is 11.8. The summed E-state index contributed by atoms with van der Waals surface area (Å²) in [6.45, 7) is 5.54. The average Bonchev–Trinajstić information content (AvgIpc) is 2.98. The number of carbonyl (C=O) groups is 2. The van der Waals surface area contributed by atoms with Crippen LogP contribution in [0.3, 0.4) is 0 Å². The minimum atomic E-state index is -1.09. The summed E-state index contributed by atoms with van der Waals surface area (Å²) in [6.07, 6.45) is 1.01. The summed E-state index contributed by atoms with van der Waals surface area (Å²) >= 11 is 6.76. The number of amides is 1. The van der Waals surface area contributed by atoms with Gasteiger partial charge in [-0.05, 0) is 33.6 Å². The molecule has 22 heavy (non-hydrogen) atoms. The van der Waals surface area contributed by atoms with Crippen molar-refractivity contribution in [3.63, 3.8) is 0 Å². The van der Waals surface area contributed by atoms with Crippen molar-refractivity contribution in [2.24, 2.45) is 0 Å². The zero-order chi connectivity index (χ0) is 16.5. The summed E-state index contributed by atoms with van der Waals surface area (Å²) in [4.78, 5) is 22.9. The lowest BCUT2D eigenvalue weighted by Gasteiger charge is -2.23. The number of carboxylic acids is 1. The number of hydrogen-bond acceptors (Lipinski definition) is 5. The quantitative estimate of drug-likeness (QED) is 0.851. The van der Waals surface area contributed by atoms with Gasteiger partial charge in [0.05, 0.1) is 9.88 Å². The van der Waals surface area contributed by atoms with E-state index in [-0.39, 0.29) is 17.2 Å². The number of halogens is 1. The molecule has 8 heteroatoms. The predicted molar refractivity (Wildman–Crippen MR) is 83.1 cm³/mol. The molecule has 1 fully saturated rings. The van der Waals surface area contributed by atoms with Crippen molar-refractivity contribution in [3.8, 4) is 5.75 Å². The molecule has 0 spiro atoms. The van der Waals surface area contributed by atoms with Crippen molar-refractivity contribution >= 4 is 35.0 Å². The van der Waals surface area contributed by atoms with Crippen LogP contribution in [0.2, 0.25) is 4.34 Å². The molecule has 122 valence electrons. The Labute approximate surface area is 137 Å². The van der Waals surface area contributed by atoms with Crippen LogP contribution in [-0.4, -0.2) is 34.9 Å². The van der Waals surface area contributed by atoms with E-state index in [0.717, 1.165) is 24.2 Å². The first-order chi connectivity index (χ1) is 10.1. The summed E-state index contributed by atoms with van der Waals surface area (Å²) in [6, 6.07) is 1.47. The molecule has 0 radical (unpaired) electrons. The van der Waals surface area contributed by atoms with Crippen LogP contribution in [-0.2, 0) is 4.74 Å². The molecule has 0 saturated heterocycles. The van der Waals surface area contributed by atoms with Crippen LogP contribution >= 0.6 is 22.9 Å². The molecule has 1 aliphatic carbocycles. The van der Waals surface area contributed by atoms with Gasteiger partial charge in [-0.2, -0.15) is 0 Å². The fourth-order valence-electron chi connectivity index (χ4n) is 1.79. The maximum Gasteiger partial charge on any atom is 0.408 e. The molecule has 2 N–H and O–H groups in total. The van der Waals surface area contributed by atoms with Gasteiger partial charge in [0, 0.05) is 6.07 Å². The number of thiophene rings is 1. The van der Waals surface area contributed by atoms with Gasteiger partial charge in [0.1, 0.15) is 18.0 Å². The van der Waals surface area contributed by atoms with Gasteiger partial charge in [-0.15, -0.1) is 11.3 Å². The molecule has 1 aromatic rings. The third kappa shape index (κ3) is 4.51. The molecule has 1 heterocycles. The molecule has 6 nitrogen and oxygen atoms in total. The van der Waals surface area contributed by atoms with E-state index in [4.69, 9.17) is 26.2 Å². The summed E-state index contributed by atoms with van der Waals surface area (Å²) in [5, 5.41) is 11.9. The Morgan fingerprint density at radius 3 is 2.59 bits per heavy atom. The lowest BCUT2D eigenvalue weighted by molar-refractivity contribution is 0.0474. The van der Waals surface area contributed by atoms with Gasteiger partial charge < -0.3 is 19.9 Å². The first-order valence-corrected chi connectivity index (χ1v) is 7.96. The van der Waals surface area contributed by atoms with Gasteiger partial charge in [0.25, 0.3) is 0 Å². The highest BCUT2D eigenvalue weighted by Crippen LogP contribution is 2.38. The van der Waals surface area contributed by atoms with Crippen LogP contribution in [0.5, 0.6) is 5.75 Å². The Morgan fingerprint density at radius 2 is 2.09 bits per heavy atom. The number of alkyl carbamates (subject to hydrolysis) is 1. The van der Waals surface area contributed by atoms with Gasteiger partial charge in [0.2, 0.25) is 0 Å². The van der Waals surface area contributed by atoms with Crippen LogP contribution in [0.25, 0.3) is 0 Å². The Balaban J connectivity index is 1.94. The van der Waals surface area contributed by atoms with E-state index in [1.54, 1.807) is 20.8 Å². The molecule has 2 rings (SSSR count). The summed E-state index contributed by atoms with van der Waals surface area (Å²) in [5.41, 5.74) is -1.06. The van der Waals surface area contributed by atoms with Crippen LogP contribution in [0.4, 0.5) is 4.79 Å². The smallest absolute Gasteiger partial charge is 0.408 e. The minimum Gasteiger partial charge on any atom is -0.489 e. The van der Waals surface area contributed by atoms with Crippen LogP contribution in [0.15, 0.2) is 6.07 Å². The number of aromatic carboxylic acids is 1. The number of carbonyl (C=O) groups excluding carboxylic acids is 1. The van der Waals surface area contributed by atoms with E-state index in [1.807, 2.05) is 0 Å². The van der Waals surface area contributed by atoms with E-state index in [2.05, 4.69) is 5.32 Å². The molecule has 1 aromatic heterocycles. The highest BCUT2D eigenvalue weighted by atomic mass is 35.5. The zero-order valence-electron chi connectivity index (χ0n) is 12.6. The van der Waals surface area contributed by atoms with E-state index < -0.39 is 23.2 Å². The molecular formula is C14H18ClNO5S. The summed E-state index contributed by atoms with van der Waals surface area (Å²) < 4.78 is 11.1. The van der Waals surface area contributed by atoms with Crippen molar-refractivity contribution in [2.75, 3.05) is 6.61 Å². The fourth-order valence-corrected chi connectivity index (χ4v) is 2.79. The Morgan fingerprint density at radius 1 is 1.45 bits per heavy atom. The summed E-state index contributed by atoms with van der Waals surface area (Å²) in [7, 11) is 0. The van der Waals surface area contributed by atoms with Crippen molar-refractivity contribution in [1.82, 2.24) is 5.32 Å². The van der Waals surface area contributed by atoms with Crippen LogP contribution < -0.4 is 10.1 Å². The Hall–Kier alpha value is -1.47. The van der Waals surface area contributed by atoms with Gasteiger partial charge >= 0.3 is 12.1 Å². The van der Waals surface area contributed by atoms with E-state index >= 15 is 0 Å². The minimum absolute atomic E-state index is 0.0538. The third-order valence-corrected chi connectivity index (χ3v) is 4.22. The number of hydrogen-bond donors (Lipinski definition) is 2. The van der Waals surface area contributed by atoms with Crippen molar-refractivity contribution in [1.29, 1.82) is 0 Å². The van der Waals surface area contributed by atoms with Gasteiger partial charge in [-0.25, -0.2) is 9.59 Å². The van der Waals surface area contributed by atoms with E-state index in [1.165, 1.54) is 6.07 Å². The monoisotopic (exact) mass is 347 g/mol.